The fourth-order valence-corrected chi connectivity index (χ4v) is 2.79. The monoisotopic (exact) mass is 636 g/mol. The number of hydrogen-bond donors (Lipinski definition) is 0. The van der Waals surface area contributed by atoms with Gasteiger partial charge < -0.3 is 9.47 Å². The summed E-state index contributed by atoms with van der Waals surface area (Å²) in [5.74, 6) is 1.34. The molecule has 0 spiro atoms. The van der Waals surface area contributed by atoms with Crippen LogP contribution in [0, 0.1) is 0 Å². The molecule has 0 aliphatic carbocycles. The first-order chi connectivity index (χ1) is 12.8. The average molecular weight is 640 g/mol. The van der Waals surface area contributed by atoms with Crippen LogP contribution in [0.5, 0.6) is 5.75 Å². The van der Waals surface area contributed by atoms with Crippen LogP contribution in [0.4, 0.5) is 4.79 Å². The fraction of sp³-hybridized carbons (Fsp3) is 0.529. The summed E-state index contributed by atoms with van der Waals surface area (Å²) in [4.78, 5) is 14.7. The number of para-hydroxylation sites is 1. The van der Waals surface area contributed by atoms with Crippen LogP contribution >= 0.6 is 53.0 Å². The van der Waals surface area contributed by atoms with Gasteiger partial charge in [-0.05, 0) is 39.8 Å². The number of amides is 2. The van der Waals surface area contributed by atoms with E-state index in [4.69, 9.17) is 62.4 Å². The first-order valence-electron chi connectivity index (χ1n) is 8.64. The van der Waals surface area contributed by atoms with Gasteiger partial charge in [-0.25, -0.2) is 0 Å². The van der Waals surface area contributed by atoms with Gasteiger partial charge in [0.2, 0.25) is 0 Å². The SMILES string of the molecule is COc1ccccc1C1OC(C)=[N+](C(C)C)C(=O)N1C(C)C.[Cl][Sb-]([Cl])([Cl])([Cl])([Cl])[Cl]. The Balaban J connectivity index is 0.000000516. The summed E-state index contributed by atoms with van der Waals surface area (Å²) < 4.78 is 13.2. The second-order valence-electron chi connectivity index (χ2n) is 6.94. The van der Waals surface area contributed by atoms with Crippen molar-refractivity contribution in [1.82, 2.24) is 4.90 Å². The Kier molecular flexibility index (Phi) is 8.72. The van der Waals surface area contributed by atoms with Crippen molar-refractivity contribution in [2.75, 3.05) is 7.11 Å². The minimum atomic E-state index is -5.42. The zero-order valence-electron chi connectivity index (χ0n) is 16.9. The number of nitrogens with zero attached hydrogens (tertiary/aromatic N) is 2. The van der Waals surface area contributed by atoms with Crippen LogP contribution in [0.1, 0.15) is 46.4 Å². The number of benzene rings is 1. The molecule has 1 heterocycles. The van der Waals surface area contributed by atoms with Crippen LogP contribution < -0.4 is 4.74 Å². The molecule has 1 aliphatic heterocycles. The Morgan fingerprint density at radius 3 is 1.97 bits per heavy atom. The Hall–Kier alpha value is 0.518. The van der Waals surface area contributed by atoms with Gasteiger partial charge >= 0.3 is 68.1 Å². The van der Waals surface area contributed by atoms with Crippen LogP contribution in [0.15, 0.2) is 24.3 Å². The van der Waals surface area contributed by atoms with E-state index >= 15 is 0 Å². The molecule has 1 aromatic rings. The Bertz CT molecular complexity index is 783. The van der Waals surface area contributed by atoms with Gasteiger partial charge in [-0.2, -0.15) is 14.3 Å². The van der Waals surface area contributed by atoms with E-state index in [1.165, 1.54) is 0 Å². The van der Waals surface area contributed by atoms with Gasteiger partial charge in [0.05, 0.1) is 18.7 Å². The third-order valence-corrected chi connectivity index (χ3v) is 3.78. The normalized spacial score (nSPS) is 20.0. The van der Waals surface area contributed by atoms with E-state index in [0.717, 1.165) is 11.3 Å². The van der Waals surface area contributed by atoms with Crippen molar-refractivity contribution in [2.45, 2.75) is 52.9 Å². The van der Waals surface area contributed by atoms with Gasteiger partial charge in [0.15, 0.2) is 0 Å². The summed E-state index contributed by atoms with van der Waals surface area (Å²) in [7, 11) is 26.6. The number of carbonyl (C=O) groups excluding carboxylic acids is 1. The van der Waals surface area contributed by atoms with Crippen LogP contribution in [0.25, 0.3) is 0 Å². The predicted molar refractivity (Wildman–Crippen MR) is 126 cm³/mol. The molecule has 0 radical (unpaired) electrons. The van der Waals surface area contributed by atoms with Crippen molar-refractivity contribution in [3.63, 3.8) is 0 Å². The van der Waals surface area contributed by atoms with Gasteiger partial charge in [-0.3, -0.25) is 0 Å². The number of carbonyl (C=O) groups is 1. The molecule has 2 rings (SSSR count). The second-order valence-corrected chi connectivity index (χ2v) is 63.8. The Labute approximate surface area is 191 Å². The number of urea groups is 1. The van der Waals surface area contributed by atoms with E-state index in [-0.39, 0.29) is 18.1 Å². The third-order valence-electron chi connectivity index (χ3n) is 3.78. The summed E-state index contributed by atoms with van der Waals surface area (Å²) in [6.45, 7) is 9.77. The fourth-order valence-electron chi connectivity index (χ4n) is 2.79. The second kappa shape index (κ2) is 9.17. The molecule has 0 aromatic heterocycles. The van der Waals surface area contributed by atoms with Gasteiger partial charge in [-0.1, -0.05) is 12.1 Å². The number of hydrogen-bond acceptors (Lipinski definition) is 3. The van der Waals surface area contributed by atoms with Crippen LogP contribution in [-0.2, 0) is 4.74 Å². The molecule has 29 heavy (non-hydrogen) atoms. The van der Waals surface area contributed by atoms with E-state index in [0.29, 0.717) is 5.90 Å². The van der Waals surface area contributed by atoms with E-state index in [1.54, 1.807) is 16.6 Å². The molecule has 1 atom stereocenters. The summed E-state index contributed by atoms with van der Waals surface area (Å²) in [5.41, 5.74) is 0.856. The molecule has 12 heteroatoms. The molecule has 1 unspecified atom stereocenters. The molecule has 0 saturated heterocycles. The zero-order chi connectivity index (χ0) is 22.8. The first-order valence-corrected chi connectivity index (χ1v) is 28.0. The maximum absolute atomic E-state index is 12.9. The molecule has 0 bridgehead atoms. The van der Waals surface area contributed by atoms with Crippen LogP contribution in [0.3, 0.4) is 0 Å². The van der Waals surface area contributed by atoms with Crippen LogP contribution in [0.2, 0.25) is 0 Å². The van der Waals surface area contributed by atoms with Crippen molar-refractivity contribution >= 4 is 74.0 Å². The molecule has 2 amide bonds. The molecular weight excluding hydrogens is 615 g/mol. The van der Waals surface area contributed by atoms with E-state index in [9.17, 15) is 4.79 Å². The standard InChI is InChI=1S/C17H25N2O3.6ClH.Sb/c1-11(2)18-13(5)22-16(19(12(3)4)17(18)20)14-9-7-8-10-15(14)21-6;;;;;;;/h7-12,16H,1-6H3;6*1H;/q+1;;;;;;;+5/p-6. The average Bonchev–Trinajstić information content (AvgIpc) is 2.50. The molecule has 0 N–H and O–H groups in total. The van der Waals surface area contributed by atoms with Gasteiger partial charge in [0.1, 0.15) is 11.8 Å². The van der Waals surface area contributed by atoms with E-state index in [1.807, 2.05) is 58.9 Å². The third kappa shape index (κ3) is 9.68. The van der Waals surface area contributed by atoms with Gasteiger partial charge in [0, 0.05) is 6.92 Å². The van der Waals surface area contributed by atoms with E-state index in [2.05, 4.69) is 0 Å². The van der Waals surface area contributed by atoms with Gasteiger partial charge in [0.25, 0.3) is 12.1 Å². The van der Waals surface area contributed by atoms with Crippen molar-refractivity contribution in [2.24, 2.45) is 0 Å². The Morgan fingerprint density at radius 1 is 1.07 bits per heavy atom. The Morgan fingerprint density at radius 2 is 1.55 bits per heavy atom. The number of ether oxygens (including phenoxy) is 2. The predicted octanol–water partition coefficient (Wildman–Crippen LogP) is 7.15. The zero-order valence-corrected chi connectivity index (χ0v) is 24.0. The summed E-state index contributed by atoms with van der Waals surface area (Å²) in [5, 5.41) is 0. The molecule has 1 aliphatic rings. The van der Waals surface area contributed by atoms with E-state index < -0.39 is 15.4 Å². The van der Waals surface area contributed by atoms with Crippen molar-refractivity contribution in [1.29, 1.82) is 0 Å². The molecule has 168 valence electrons. The molecule has 0 saturated carbocycles. The maximum atomic E-state index is 12.9. The van der Waals surface area contributed by atoms with Crippen molar-refractivity contribution < 1.29 is 18.8 Å². The quantitative estimate of drug-likeness (QED) is 0.260. The van der Waals surface area contributed by atoms with Crippen molar-refractivity contribution in [3.8, 4) is 5.75 Å². The number of methoxy groups -OCH3 is 1. The topological polar surface area (TPSA) is 41.8 Å². The number of halogens is 6. The molecule has 1 aromatic carbocycles. The summed E-state index contributed by atoms with van der Waals surface area (Å²) in [6, 6.07) is 7.67. The summed E-state index contributed by atoms with van der Waals surface area (Å²) >= 11 is 0. The molecule has 0 fully saturated rings. The molecule has 5 nitrogen and oxygen atoms in total. The first kappa shape index (κ1) is 27.6. The van der Waals surface area contributed by atoms with Gasteiger partial charge in [-0.15, -0.1) is 0 Å². The van der Waals surface area contributed by atoms with Crippen LogP contribution in [-0.4, -0.2) is 49.7 Å². The molecular formula is C17H25Cl6N2O3Sb. The summed E-state index contributed by atoms with van der Waals surface area (Å²) in [6.07, 6.45) is -0.473. The minimum absolute atomic E-state index is 0.0109. The van der Waals surface area contributed by atoms with Crippen molar-refractivity contribution in [3.05, 3.63) is 29.8 Å². The number of rotatable bonds is 4.